The molecule has 0 atom stereocenters. The molecule has 0 radical (unpaired) electrons. The zero-order chi connectivity index (χ0) is 21.8. The lowest BCUT2D eigenvalue weighted by Crippen LogP contribution is -2.12. The molecule has 0 saturated carbocycles. The van der Waals surface area contributed by atoms with E-state index in [-0.39, 0.29) is 10.6 Å². The van der Waals surface area contributed by atoms with Gasteiger partial charge in [-0.25, -0.2) is 0 Å². The Morgan fingerprint density at radius 3 is 1.77 bits per heavy atom. The maximum Gasteiger partial charge on any atom is 0.271 e. The summed E-state index contributed by atoms with van der Waals surface area (Å²) in [5, 5.41) is 11.1. The smallest absolute Gasteiger partial charge is 0.271 e. The van der Waals surface area contributed by atoms with Crippen molar-refractivity contribution in [3.63, 3.8) is 0 Å². The number of anilines is 5. The van der Waals surface area contributed by atoms with Crippen LogP contribution in [0, 0.1) is 17.0 Å². The maximum atomic E-state index is 11.1. The average molecular weight is 409 g/mol. The van der Waals surface area contributed by atoms with Gasteiger partial charge in [0.05, 0.1) is 4.92 Å². The van der Waals surface area contributed by atoms with E-state index >= 15 is 0 Å². The predicted octanol–water partition coefficient (Wildman–Crippen LogP) is 7.14. The van der Waals surface area contributed by atoms with E-state index in [0.29, 0.717) is 0 Å². The van der Waals surface area contributed by atoms with Crippen molar-refractivity contribution >= 4 is 34.1 Å². The molecular weight excluding hydrogens is 386 g/mol. The van der Waals surface area contributed by atoms with Gasteiger partial charge in [-0.1, -0.05) is 42.0 Å². The van der Waals surface area contributed by atoms with Gasteiger partial charge in [-0.05, 0) is 61.5 Å². The highest BCUT2D eigenvalue weighted by Crippen LogP contribution is 2.36. The van der Waals surface area contributed by atoms with E-state index in [1.165, 1.54) is 11.6 Å². The molecule has 0 fully saturated rings. The molecule has 0 aliphatic heterocycles. The lowest BCUT2D eigenvalue weighted by atomic mass is 10.1. The number of hydrogen-bond donors (Lipinski definition) is 0. The molecule has 4 aromatic rings. The number of rotatable bonds is 6. The molecule has 0 heterocycles. The number of non-ortho nitro benzene ring substituents is 1. The summed E-state index contributed by atoms with van der Waals surface area (Å²) in [4.78, 5) is 14.9. The normalized spacial score (nSPS) is 10.5. The van der Waals surface area contributed by atoms with E-state index in [1.807, 2.05) is 48.3 Å². The summed E-state index contributed by atoms with van der Waals surface area (Å²) in [5.41, 5.74) is 6.19. The first-order valence-corrected chi connectivity index (χ1v) is 10.0. The number of para-hydroxylation sites is 1. The minimum Gasteiger partial charge on any atom is -0.344 e. The fourth-order valence-electron chi connectivity index (χ4n) is 3.51. The van der Waals surface area contributed by atoms with Gasteiger partial charge in [0, 0.05) is 47.6 Å². The Hall–Kier alpha value is -4.12. The van der Waals surface area contributed by atoms with E-state index in [4.69, 9.17) is 0 Å². The first-order valence-electron chi connectivity index (χ1n) is 10.0. The number of nitrogens with zero attached hydrogens (tertiary/aromatic N) is 3. The fourth-order valence-corrected chi connectivity index (χ4v) is 3.51. The lowest BCUT2D eigenvalue weighted by Gasteiger charge is -2.26. The minimum absolute atomic E-state index is 0.0793. The molecule has 31 heavy (non-hydrogen) atoms. The van der Waals surface area contributed by atoms with Gasteiger partial charge in [0.25, 0.3) is 5.69 Å². The van der Waals surface area contributed by atoms with E-state index < -0.39 is 0 Å². The zero-order valence-corrected chi connectivity index (χ0v) is 17.5. The highest BCUT2D eigenvalue weighted by Gasteiger charge is 2.14. The molecule has 5 nitrogen and oxygen atoms in total. The van der Waals surface area contributed by atoms with E-state index in [1.54, 1.807) is 12.1 Å². The first-order chi connectivity index (χ1) is 15.0. The Kier molecular flexibility index (Phi) is 5.67. The van der Waals surface area contributed by atoms with Crippen LogP contribution in [0.1, 0.15) is 5.56 Å². The number of benzene rings is 4. The number of aryl methyl sites for hydroxylation is 1. The molecule has 0 spiro atoms. The molecule has 5 heteroatoms. The van der Waals surface area contributed by atoms with Crippen LogP contribution in [0.2, 0.25) is 0 Å². The minimum atomic E-state index is -0.375. The SMILES string of the molecule is Cc1ccc(N(c2ccccc2)c2ccc(N(C)c3cccc([N+](=O)[O-])c3)cc2)cc1. The van der Waals surface area contributed by atoms with Crippen LogP contribution in [-0.2, 0) is 0 Å². The van der Waals surface area contributed by atoms with Crippen molar-refractivity contribution in [3.05, 3.63) is 119 Å². The third-order valence-corrected chi connectivity index (χ3v) is 5.23. The first kappa shape index (κ1) is 20.2. The number of hydrogen-bond acceptors (Lipinski definition) is 4. The van der Waals surface area contributed by atoms with Crippen molar-refractivity contribution in [3.8, 4) is 0 Å². The van der Waals surface area contributed by atoms with Gasteiger partial charge in [0.15, 0.2) is 0 Å². The van der Waals surface area contributed by atoms with Crippen LogP contribution in [0.3, 0.4) is 0 Å². The summed E-state index contributed by atoms with van der Waals surface area (Å²) in [6.07, 6.45) is 0. The molecule has 0 aromatic heterocycles. The van der Waals surface area contributed by atoms with Crippen LogP contribution >= 0.6 is 0 Å². The molecule has 0 aliphatic carbocycles. The second-order valence-corrected chi connectivity index (χ2v) is 7.36. The van der Waals surface area contributed by atoms with Gasteiger partial charge in [-0.2, -0.15) is 0 Å². The molecular formula is C26H23N3O2. The Morgan fingerprint density at radius 1 is 0.645 bits per heavy atom. The molecule has 0 saturated heterocycles. The number of nitro benzene ring substituents is 1. The average Bonchev–Trinajstić information content (AvgIpc) is 2.81. The standard InChI is InChI=1S/C26H23N3O2/c1-20-11-13-23(14-12-20)28(22-7-4-3-5-8-22)24-17-15-21(16-18-24)27(2)25-9-6-10-26(19-25)29(30)31/h3-19H,1-2H3. The second kappa shape index (κ2) is 8.71. The van der Waals surface area contributed by atoms with E-state index in [0.717, 1.165) is 28.4 Å². The highest BCUT2D eigenvalue weighted by molar-refractivity contribution is 5.78. The summed E-state index contributed by atoms with van der Waals surface area (Å²) in [6, 6.07) is 33.5. The van der Waals surface area contributed by atoms with Gasteiger partial charge in [-0.3, -0.25) is 10.1 Å². The lowest BCUT2D eigenvalue weighted by molar-refractivity contribution is -0.384. The quantitative estimate of drug-likeness (QED) is 0.251. The van der Waals surface area contributed by atoms with Crippen molar-refractivity contribution in [2.75, 3.05) is 16.8 Å². The molecule has 0 N–H and O–H groups in total. The van der Waals surface area contributed by atoms with Crippen molar-refractivity contribution in [1.29, 1.82) is 0 Å². The Labute approximate surface area is 182 Å². The van der Waals surface area contributed by atoms with Crippen molar-refractivity contribution in [2.24, 2.45) is 0 Å². The van der Waals surface area contributed by atoms with Crippen LogP contribution < -0.4 is 9.80 Å². The maximum absolute atomic E-state index is 11.1. The van der Waals surface area contributed by atoms with E-state index in [2.05, 4.69) is 60.4 Å². The van der Waals surface area contributed by atoms with Crippen LogP contribution in [0.25, 0.3) is 0 Å². The van der Waals surface area contributed by atoms with Gasteiger partial charge in [-0.15, -0.1) is 0 Å². The van der Waals surface area contributed by atoms with Gasteiger partial charge >= 0.3 is 0 Å². The second-order valence-electron chi connectivity index (χ2n) is 7.36. The molecule has 154 valence electrons. The zero-order valence-electron chi connectivity index (χ0n) is 17.5. The van der Waals surface area contributed by atoms with Crippen LogP contribution in [0.4, 0.5) is 34.1 Å². The Morgan fingerprint density at radius 2 is 1.16 bits per heavy atom. The van der Waals surface area contributed by atoms with Gasteiger partial charge in [0.1, 0.15) is 0 Å². The largest absolute Gasteiger partial charge is 0.344 e. The van der Waals surface area contributed by atoms with Crippen molar-refractivity contribution in [1.82, 2.24) is 0 Å². The summed E-state index contributed by atoms with van der Waals surface area (Å²) in [6.45, 7) is 2.08. The highest BCUT2D eigenvalue weighted by atomic mass is 16.6. The van der Waals surface area contributed by atoms with E-state index in [9.17, 15) is 10.1 Å². The fraction of sp³-hybridized carbons (Fsp3) is 0.0769. The summed E-state index contributed by atoms with van der Waals surface area (Å²) < 4.78 is 0. The molecule has 0 aliphatic rings. The van der Waals surface area contributed by atoms with Crippen LogP contribution in [0.5, 0.6) is 0 Å². The molecule has 4 rings (SSSR count). The summed E-state index contributed by atoms with van der Waals surface area (Å²) >= 11 is 0. The third-order valence-electron chi connectivity index (χ3n) is 5.23. The topological polar surface area (TPSA) is 49.6 Å². The van der Waals surface area contributed by atoms with Gasteiger partial charge in [0.2, 0.25) is 0 Å². The summed E-state index contributed by atoms with van der Waals surface area (Å²) in [7, 11) is 1.91. The summed E-state index contributed by atoms with van der Waals surface area (Å²) in [5.74, 6) is 0. The van der Waals surface area contributed by atoms with Gasteiger partial charge < -0.3 is 9.80 Å². The molecule has 4 aromatic carbocycles. The van der Waals surface area contributed by atoms with Crippen molar-refractivity contribution < 1.29 is 4.92 Å². The van der Waals surface area contributed by atoms with Crippen molar-refractivity contribution in [2.45, 2.75) is 6.92 Å². The molecule has 0 unspecified atom stereocenters. The van der Waals surface area contributed by atoms with Crippen LogP contribution in [-0.4, -0.2) is 12.0 Å². The predicted molar refractivity (Wildman–Crippen MR) is 127 cm³/mol. The molecule has 0 amide bonds. The monoisotopic (exact) mass is 409 g/mol. The Bertz CT molecular complexity index is 1170. The third kappa shape index (κ3) is 4.41. The number of nitro groups is 1. The Balaban J connectivity index is 1.68. The molecule has 0 bridgehead atoms. The van der Waals surface area contributed by atoms with Crippen LogP contribution in [0.15, 0.2) is 103 Å².